The predicted octanol–water partition coefficient (Wildman–Crippen LogP) is 2.70. The monoisotopic (exact) mass is 324 g/mol. The Morgan fingerprint density at radius 1 is 1.17 bits per heavy atom. The van der Waals surface area contributed by atoms with Gasteiger partial charge in [-0.2, -0.15) is 5.26 Å². The molecule has 6 nitrogen and oxygen atoms in total. The van der Waals surface area contributed by atoms with Crippen LogP contribution in [0.25, 0.3) is 11.3 Å². The lowest BCUT2D eigenvalue weighted by Crippen LogP contribution is -2.29. The Balaban J connectivity index is 2.06. The van der Waals surface area contributed by atoms with Crippen molar-refractivity contribution >= 4 is 5.95 Å². The first-order chi connectivity index (χ1) is 11.7. The summed E-state index contributed by atoms with van der Waals surface area (Å²) in [4.78, 5) is 21.8. The number of aromatic nitrogens is 2. The Morgan fingerprint density at radius 3 is 2.42 bits per heavy atom. The van der Waals surface area contributed by atoms with Gasteiger partial charge in [-0.1, -0.05) is 12.8 Å². The number of nitriles is 1. The SMILES string of the molecule is COc1ccc(-c2nc(N3CCCCCC3)[nH]c(=O)c2C#N)cc1. The van der Waals surface area contributed by atoms with Crippen LogP contribution >= 0.6 is 0 Å². The molecule has 0 spiro atoms. The molecule has 1 N–H and O–H groups in total. The van der Waals surface area contributed by atoms with Crippen molar-refractivity contribution < 1.29 is 4.74 Å². The number of hydrogen-bond acceptors (Lipinski definition) is 5. The number of nitrogens with one attached hydrogen (secondary N) is 1. The highest BCUT2D eigenvalue weighted by Gasteiger charge is 2.18. The lowest BCUT2D eigenvalue weighted by atomic mass is 10.1. The number of anilines is 1. The first-order valence-corrected chi connectivity index (χ1v) is 8.16. The molecule has 0 radical (unpaired) electrons. The summed E-state index contributed by atoms with van der Waals surface area (Å²) in [5.41, 5.74) is 0.800. The second kappa shape index (κ2) is 7.18. The van der Waals surface area contributed by atoms with E-state index in [1.54, 1.807) is 19.2 Å². The molecule has 3 rings (SSSR count). The highest BCUT2D eigenvalue weighted by Crippen LogP contribution is 2.24. The van der Waals surface area contributed by atoms with Crippen molar-refractivity contribution in [1.82, 2.24) is 9.97 Å². The van der Waals surface area contributed by atoms with Crippen molar-refractivity contribution in [2.24, 2.45) is 0 Å². The minimum absolute atomic E-state index is 0.0405. The van der Waals surface area contributed by atoms with Crippen molar-refractivity contribution in [3.63, 3.8) is 0 Å². The fraction of sp³-hybridized carbons (Fsp3) is 0.389. The lowest BCUT2D eigenvalue weighted by molar-refractivity contribution is 0.415. The summed E-state index contributed by atoms with van der Waals surface area (Å²) in [6.07, 6.45) is 4.56. The van der Waals surface area contributed by atoms with Gasteiger partial charge in [-0.25, -0.2) is 4.98 Å². The Morgan fingerprint density at radius 2 is 1.83 bits per heavy atom. The van der Waals surface area contributed by atoms with E-state index in [0.29, 0.717) is 11.6 Å². The van der Waals surface area contributed by atoms with E-state index < -0.39 is 5.56 Å². The van der Waals surface area contributed by atoms with Crippen LogP contribution < -0.4 is 15.2 Å². The predicted molar refractivity (Wildman–Crippen MR) is 92.2 cm³/mol. The average molecular weight is 324 g/mol. The number of H-pyrrole nitrogens is 1. The summed E-state index contributed by atoms with van der Waals surface area (Å²) >= 11 is 0. The average Bonchev–Trinajstić information content (AvgIpc) is 2.90. The molecule has 1 aliphatic rings. The molecule has 2 aromatic rings. The van der Waals surface area contributed by atoms with Gasteiger partial charge >= 0.3 is 0 Å². The smallest absolute Gasteiger partial charge is 0.270 e. The van der Waals surface area contributed by atoms with E-state index in [9.17, 15) is 10.1 Å². The van der Waals surface area contributed by atoms with E-state index in [1.165, 1.54) is 12.8 Å². The number of ether oxygens (including phenoxy) is 1. The molecular weight excluding hydrogens is 304 g/mol. The van der Waals surface area contributed by atoms with E-state index in [1.807, 2.05) is 18.2 Å². The quantitative estimate of drug-likeness (QED) is 0.938. The summed E-state index contributed by atoms with van der Waals surface area (Å²) < 4.78 is 5.16. The van der Waals surface area contributed by atoms with Crippen LogP contribution in [0.5, 0.6) is 5.75 Å². The largest absolute Gasteiger partial charge is 0.497 e. The Bertz CT molecular complexity index is 797. The fourth-order valence-corrected chi connectivity index (χ4v) is 2.96. The van der Waals surface area contributed by atoms with Gasteiger partial charge in [-0.3, -0.25) is 9.78 Å². The van der Waals surface area contributed by atoms with Crippen molar-refractivity contribution in [3.05, 3.63) is 40.2 Å². The van der Waals surface area contributed by atoms with Crippen LogP contribution in [-0.4, -0.2) is 30.2 Å². The van der Waals surface area contributed by atoms with Gasteiger partial charge in [0.15, 0.2) is 0 Å². The molecule has 0 bridgehead atoms. The summed E-state index contributed by atoms with van der Waals surface area (Å²) in [6, 6.07) is 9.20. The zero-order valence-corrected chi connectivity index (χ0v) is 13.7. The van der Waals surface area contributed by atoms with Gasteiger partial charge in [0.25, 0.3) is 5.56 Å². The molecule has 1 aliphatic heterocycles. The second-order valence-electron chi connectivity index (χ2n) is 5.85. The van der Waals surface area contributed by atoms with Crippen LogP contribution in [0.2, 0.25) is 0 Å². The summed E-state index contributed by atoms with van der Waals surface area (Å²) in [6.45, 7) is 1.74. The Hall–Kier alpha value is -2.81. The van der Waals surface area contributed by atoms with Gasteiger partial charge < -0.3 is 9.64 Å². The number of benzene rings is 1. The van der Waals surface area contributed by atoms with Crippen LogP contribution in [0.3, 0.4) is 0 Å². The summed E-state index contributed by atoms with van der Waals surface area (Å²) in [7, 11) is 1.60. The molecular formula is C18H20N4O2. The zero-order valence-electron chi connectivity index (χ0n) is 13.7. The van der Waals surface area contributed by atoms with Gasteiger partial charge in [0, 0.05) is 18.7 Å². The third-order valence-electron chi connectivity index (χ3n) is 4.29. The van der Waals surface area contributed by atoms with E-state index in [0.717, 1.165) is 37.2 Å². The molecule has 124 valence electrons. The maximum Gasteiger partial charge on any atom is 0.270 e. The van der Waals surface area contributed by atoms with Crippen molar-refractivity contribution in [1.29, 1.82) is 5.26 Å². The molecule has 1 aromatic heterocycles. The first-order valence-electron chi connectivity index (χ1n) is 8.16. The van der Waals surface area contributed by atoms with Gasteiger partial charge in [-0.15, -0.1) is 0 Å². The lowest BCUT2D eigenvalue weighted by Gasteiger charge is -2.21. The molecule has 1 fully saturated rings. The second-order valence-corrected chi connectivity index (χ2v) is 5.85. The maximum absolute atomic E-state index is 12.3. The maximum atomic E-state index is 12.3. The molecule has 0 aliphatic carbocycles. The van der Waals surface area contributed by atoms with Gasteiger partial charge in [0.1, 0.15) is 17.4 Å². The van der Waals surface area contributed by atoms with Crippen molar-refractivity contribution in [2.45, 2.75) is 25.7 Å². The molecule has 6 heteroatoms. The number of hydrogen-bond donors (Lipinski definition) is 1. The van der Waals surface area contributed by atoms with Gasteiger partial charge in [0.05, 0.1) is 12.8 Å². The van der Waals surface area contributed by atoms with Crippen LogP contribution in [0.4, 0.5) is 5.95 Å². The molecule has 0 saturated carbocycles. The highest BCUT2D eigenvalue weighted by atomic mass is 16.5. The van der Waals surface area contributed by atoms with Crippen LogP contribution in [0.1, 0.15) is 31.2 Å². The molecule has 0 atom stereocenters. The molecule has 0 amide bonds. The third kappa shape index (κ3) is 3.25. The topological polar surface area (TPSA) is 82.0 Å². The summed E-state index contributed by atoms with van der Waals surface area (Å²) in [5.74, 6) is 1.27. The molecule has 1 aromatic carbocycles. The van der Waals surface area contributed by atoms with E-state index in [4.69, 9.17) is 4.74 Å². The van der Waals surface area contributed by atoms with Crippen LogP contribution in [-0.2, 0) is 0 Å². The fourth-order valence-electron chi connectivity index (χ4n) is 2.96. The standard InChI is InChI=1S/C18H20N4O2/c1-24-14-8-6-13(7-9-14)16-15(12-19)17(23)21-18(20-16)22-10-4-2-3-5-11-22/h6-9H,2-5,10-11H2,1H3,(H,20,21,23). The molecule has 1 saturated heterocycles. The van der Waals surface area contributed by atoms with Gasteiger partial charge in [0.2, 0.25) is 5.95 Å². The highest BCUT2D eigenvalue weighted by molar-refractivity contribution is 5.67. The van der Waals surface area contributed by atoms with Crippen LogP contribution in [0, 0.1) is 11.3 Å². The van der Waals surface area contributed by atoms with Crippen molar-refractivity contribution in [3.8, 4) is 23.1 Å². The number of rotatable bonds is 3. The van der Waals surface area contributed by atoms with Crippen LogP contribution in [0.15, 0.2) is 29.1 Å². The normalized spacial score (nSPS) is 14.8. The molecule has 0 unspecified atom stereocenters. The van der Waals surface area contributed by atoms with E-state index >= 15 is 0 Å². The minimum Gasteiger partial charge on any atom is -0.497 e. The number of methoxy groups -OCH3 is 1. The first kappa shape index (κ1) is 16.1. The minimum atomic E-state index is -0.391. The molecule has 24 heavy (non-hydrogen) atoms. The van der Waals surface area contributed by atoms with Gasteiger partial charge in [-0.05, 0) is 37.1 Å². The van der Waals surface area contributed by atoms with E-state index in [-0.39, 0.29) is 5.56 Å². The zero-order chi connectivity index (χ0) is 16.9. The Kier molecular flexibility index (Phi) is 4.80. The number of nitrogens with zero attached hydrogens (tertiary/aromatic N) is 3. The van der Waals surface area contributed by atoms with E-state index in [2.05, 4.69) is 14.9 Å². The molecule has 2 heterocycles. The Labute approximate surface area is 140 Å². The summed E-state index contributed by atoms with van der Waals surface area (Å²) in [5, 5.41) is 9.36. The van der Waals surface area contributed by atoms with Crippen molar-refractivity contribution in [2.75, 3.05) is 25.1 Å². The number of aromatic amines is 1. The third-order valence-corrected chi connectivity index (χ3v) is 4.29.